The van der Waals surface area contributed by atoms with Gasteiger partial charge in [0.1, 0.15) is 5.60 Å². The second-order valence-corrected chi connectivity index (χ2v) is 5.27. The molecule has 0 saturated heterocycles. The summed E-state index contributed by atoms with van der Waals surface area (Å²) in [6, 6.07) is 9.72. The van der Waals surface area contributed by atoms with E-state index in [1.54, 1.807) is 0 Å². The van der Waals surface area contributed by atoms with Gasteiger partial charge in [-0.3, -0.25) is 0 Å². The molecule has 0 aliphatic rings. The molecule has 0 saturated carbocycles. The molecular formula is C16H23N3O2. The molecule has 2 aromatic rings. The van der Waals surface area contributed by atoms with E-state index < -0.39 is 5.60 Å². The van der Waals surface area contributed by atoms with E-state index in [0.29, 0.717) is 24.7 Å². The van der Waals surface area contributed by atoms with Crippen molar-refractivity contribution in [3.05, 3.63) is 47.6 Å². The summed E-state index contributed by atoms with van der Waals surface area (Å²) in [5.41, 5.74) is 6.78. The molecule has 0 fully saturated rings. The molecule has 1 aromatic heterocycles. The summed E-state index contributed by atoms with van der Waals surface area (Å²) in [6.45, 7) is 6.56. The average Bonchev–Trinajstić information content (AvgIpc) is 2.99. The number of hydrogen-bond acceptors (Lipinski definition) is 5. The highest BCUT2D eigenvalue weighted by Crippen LogP contribution is 2.27. The molecule has 0 bridgehead atoms. The highest BCUT2D eigenvalue weighted by atomic mass is 16.5. The first kappa shape index (κ1) is 15.7. The highest BCUT2D eigenvalue weighted by Gasteiger charge is 2.31. The van der Waals surface area contributed by atoms with Gasteiger partial charge < -0.3 is 15.0 Å². The van der Waals surface area contributed by atoms with E-state index in [1.165, 1.54) is 0 Å². The molecule has 5 heteroatoms. The second-order valence-electron chi connectivity index (χ2n) is 5.27. The number of hydrogen-bond donors (Lipinski definition) is 1. The van der Waals surface area contributed by atoms with Gasteiger partial charge in [0.05, 0.1) is 6.04 Å². The van der Waals surface area contributed by atoms with E-state index in [-0.39, 0.29) is 6.04 Å². The van der Waals surface area contributed by atoms with Crippen LogP contribution in [0.3, 0.4) is 0 Å². The summed E-state index contributed by atoms with van der Waals surface area (Å²) in [7, 11) is 0. The van der Waals surface area contributed by atoms with Gasteiger partial charge in [-0.1, -0.05) is 42.4 Å². The van der Waals surface area contributed by atoms with Gasteiger partial charge >= 0.3 is 0 Å². The molecule has 2 N–H and O–H groups in total. The van der Waals surface area contributed by atoms with E-state index in [1.807, 2.05) is 51.1 Å². The zero-order valence-corrected chi connectivity index (χ0v) is 12.9. The van der Waals surface area contributed by atoms with Crippen molar-refractivity contribution < 1.29 is 9.26 Å². The molecule has 114 valence electrons. The van der Waals surface area contributed by atoms with E-state index in [4.69, 9.17) is 15.0 Å². The van der Waals surface area contributed by atoms with Crippen LogP contribution in [0.1, 0.15) is 50.5 Å². The molecule has 0 aliphatic carbocycles. The third-order valence-electron chi connectivity index (χ3n) is 3.67. The minimum atomic E-state index is -0.525. The number of ether oxygens (including phenoxy) is 1. The summed E-state index contributed by atoms with van der Waals surface area (Å²) >= 11 is 0. The Morgan fingerprint density at radius 3 is 2.62 bits per heavy atom. The number of nitrogens with two attached hydrogens (primary N) is 1. The minimum Gasteiger partial charge on any atom is -0.367 e. The van der Waals surface area contributed by atoms with Crippen molar-refractivity contribution in [3.63, 3.8) is 0 Å². The Labute approximate surface area is 125 Å². The van der Waals surface area contributed by atoms with Crippen molar-refractivity contribution in [2.75, 3.05) is 6.61 Å². The summed E-state index contributed by atoms with van der Waals surface area (Å²) in [6.07, 6.45) is 1.44. The lowest BCUT2D eigenvalue weighted by atomic mass is 10.0. The third kappa shape index (κ3) is 3.68. The summed E-state index contributed by atoms with van der Waals surface area (Å²) in [4.78, 5) is 4.44. The Balaban J connectivity index is 2.12. The number of benzene rings is 1. The van der Waals surface area contributed by atoms with Crippen LogP contribution in [-0.4, -0.2) is 16.7 Å². The van der Waals surface area contributed by atoms with Crippen LogP contribution in [0.5, 0.6) is 0 Å². The van der Waals surface area contributed by atoms with Crippen LogP contribution in [0.4, 0.5) is 0 Å². The molecule has 0 radical (unpaired) electrons. The first-order chi connectivity index (χ1) is 10.1. The number of nitrogens with zero attached hydrogens (tertiary/aromatic N) is 2. The topological polar surface area (TPSA) is 74.2 Å². The largest absolute Gasteiger partial charge is 0.367 e. The summed E-state index contributed by atoms with van der Waals surface area (Å²) < 4.78 is 11.1. The maximum atomic E-state index is 6.16. The molecule has 0 amide bonds. The molecule has 2 atom stereocenters. The van der Waals surface area contributed by atoms with Crippen LogP contribution in [0.15, 0.2) is 34.9 Å². The van der Waals surface area contributed by atoms with E-state index in [9.17, 15) is 0 Å². The molecule has 5 nitrogen and oxygen atoms in total. The fourth-order valence-electron chi connectivity index (χ4n) is 2.20. The standard InChI is InChI=1S/C16H23N3O2/c1-4-16(3,20-5-2)15-18-14(21-19-15)13(17)11-12-9-7-6-8-10-12/h6-10,13H,4-5,11,17H2,1-3H3/t13-,16?/m0/s1. The predicted molar refractivity (Wildman–Crippen MR) is 80.6 cm³/mol. The molecule has 21 heavy (non-hydrogen) atoms. The molecule has 1 heterocycles. The minimum absolute atomic E-state index is 0.309. The van der Waals surface area contributed by atoms with E-state index in [0.717, 1.165) is 12.0 Å². The van der Waals surface area contributed by atoms with Gasteiger partial charge in [-0.25, -0.2) is 0 Å². The van der Waals surface area contributed by atoms with Gasteiger partial charge in [0.15, 0.2) is 0 Å². The zero-order chi connectivity index (χ0) is 15.3. The highest BCUT2D eigenvalue weighted by molar-refractivity contribution is 5.17. The van der Waals surface area contributed by atoms with Crippen LogP contribution in [0.25, 0.3) is 0 Å². The lowest BCUT2D eigenvalue weighted by molar-refractivity contribution is -0.0403. The van der Waals surface area contributed by atoms with Gasteiger partial charge in [0.2, 0.25) is 11.7 Å². The fraction of sp³-hybridized carbons (Fsp3) is 0.500. The summed E-state index contributed by atoms with van der Waals surface area (Å²) in [5.74, 6) is 1.01. The van der Waals surface area contributed by atoms with Crippen LogP contribution in [0.2, 0.25) is 0 Å². The quantitative estimate of drug-likeness (QED) is 0.848. The van der Waals surface area contributed by atoms with Gasteiger partial charge in [0.25, 0.3) is 0 Å². The van der Waals surface area contributed by atoms with Gasteiger partial charge in [0, 0.05) is 6.61 Å². The molecule has 0 spiro atoms. The zero-order valence-electron chi connectivity index (χ0n) is 12.9. The number of aromatic nitrogens is 2. The second kappa shape index (κ2) is 6.83. The fourth-order valence-corrected chi connectivity index (χ4v) is 2.20. The lowest BCUT2D eigenvalue weighted by Gasteiger charge is -2.23. The van der Waals surface area contributed by atoms with Crippen molar-refractivity contribution >= 4 is 0 Å². The lowest BCUT2D eigenvalue weighted by Crippen LogP contribution is -2.27. The van der Waals surface area contributed by atoms with Crippen molar-refractivity contribution in [2.24, 2.45) is 5.73 Å². The van der Waals surface area contributed by atoms with Crippen molar-refractivity contribution in [3.8, 4) is 0 Å². The maximum Gasteiger partial charge on any atom is 0.244 e. The van der Waals surface area contributed by atoms with E-state index in [2.05, 4.69) is 10.1 Å². The van der Waals surface area contributed by atoms with E-state index >= 15 is 0 Å². The van der Waals surface area contributed by atoms with Gasteiger partial charge in [-0.15, -0.1) is 0 Å². The normalized spacial score (nSPS) is 15.6. The van der Waals surface area contributed by atoms with Crippen molar-refractivity contribution in [1.82, 2.24) is 10.1 Å². The monoisotopic (exact) mass is 289 g/mol. The molecule has 2 rings (SSSR count). The van der Waals surface area contributed by atoms with Crippen LogP contribution in [0, 0.1) is 0 Å². The Hall–Kier alpha value is -1.72. The predicted octanol–water partition coefficient (Wildman–Crippen LogP) is 2.97. The van der Waals surface area contributed by atoms with Crippen LogP contribution >= 0.6 is 0 Å². The maximum absolute atomic E-state index is 6.16. The summed E-state index contributed by atoms with van der Waals surface area (Å²) in [5, 5.41) is 4.05. The number of rotatable bonds is 7. The molecule has 0 aliphatic heterocycles. The van der Waals surface area contributed by atoms with Gasteiger partial charge in [-0.2, -0.15) is 4.98 Å². The van der Waals surface area contributed by atoms with Crippen molar-refractivity contribution in [1.29, 1.82) is 0 Å². The first-order valence-corrected chi connectivity index (χ1v) is 7.36. The van der Waals surface area contributed by atoms with Crippen LogP contribution < -0.4 is 5.73 Å². The Morgan fingerprint density at radius 1 is 1.29 bits per heavy atom. The van der Waals surface area contributed by atoms with Crippen LogP contribution in [-0.2, 0) is 16.8 Å². The molecular weight excluding hydrogens is 266 g/mol. The molecule has 1 unspecified atom stereocenters. The van der Waals surface area contributed by atoms with Gasteiger partial charge in [-0.05, 0) is 32.3 Å². The SMILES string of the molecule is CCOC(C)(CC)c1noc([C@@H](N)Cc2ccccc2)n1. The Morgan fingerprint density at radius 2 is 2.00 bits per heavy atom. The smallest absolute Gasteiger partial charge is 0.244 e. The Bertz CT molecular complexity index is 556. The third-order valence-corrected chi connectivity index (χ3v) is 3.67. The average molecular weight is 289 g/mol. The first-order valence-electron chi connectivity index (χ1n) is 7.36. The Kier molecular flexibility index (Phi) is 5.09. The van der Waals surface area contributed by atoms with Crippen molar-refractivity contribution in [2.45, 2.75) is 45.3 Å². The molecule has 1 aromatic carbocycles.